The molecule has 0 radical (unpaired) electrons. The van der Waals surface area contributed by atoms with Crippen molar-refractivity contribution >= 4 is 17.7 Å². The minimum Gasteiger partial charge on any atom is -0.384 e. The first-order valence-corrected chi connectivity index (χ1v) is 6.70. The molecule has 4 heteroatoms. The summed E-state index contributed by atoms with van der Waals surface area (Å²) < 4.78 is 4.92. The van der Waals surface area contributed by atoms with Gasteiger partial charge >= 0.3 is 0 Å². The fourth-order valence-electron chi connectivity index (χ4n) is 1.22. The Morgan fingerprint density at radius 2 is 2.13 bits per heavy atom. The molecule has 0 aromatic carbocycles. The second kappa shape index (κ2) is 9.04. The smallest absolute Gasteiger partial charge is 0.225 e. The Hall–Kier alpha value is -0.220. The first-order valence-electron chi connectivity index (χ1n) is 5.41. The van der Waals surface area contributed by atoms with Gasteiger partial charge in [-0.25, -0.2) is 0 Å². The molecule has 0 aliphatic rings. The van der Waals surface area contributed by atoms with Crippen molar-refractivity contribution < 1.29 is 9.53 Å². The second-order valence-corrected chi connectivity index (χ2v) is 5.11. The summed E-state index contributed by atoms with van der Waals surface area (Å²) in [6.45, 7) is 5.36. The van der Waals surface area contributed by atoms with Crippen molar-refractivity contribution in [2.24, 2.45) is 5.92 Å². The zero-order valence-corrected chi connectivity index (χ0v) is 11.0. The number of hydrogen-bond donors (Lipinski definition) is 1. The van der Waals surface area contributed by atoms with E-state index in [1.54, 1.807) is 7.11 Å². The molecule has 3 nitrogen and oxygen atoms in total. The van der Waals surface area contributed by atoms with Crippen LogP contribution >= 0.6 is 11.8 Å². The maximum absolute atomic E-state index is 11.5. The highest BCUT2D eigenvalue weighted by molar-refractivity contribution is 7.99. The molecule has 0 rings (SSSR count). The lowest BCUT2D eigenvalue weighted by atomic mass is 10.2. The van der Waals surface area contributed by atoms with Gasteiger partial charge in [0.05, 0.1) is 12.5 Å². The van der Waals surface area contributed by atoms with E-state index in [9.17, 15) is 4.79 Å². The molecule has 0 aromatic heterocycles. The Bertz CT molecular complexity index is 176. The molecule has 90 valence electrons. The van der Waals surface area contributed by atoms with E-state index in [2.05, 4.69) is 18.5 Å². The van der Waals surface area contributed by atoms with Gasteiger partial charge in [-0.2, -0.15) is 11.8 Å². The van der Waals surface area contributed by atoms with Gasteiger partial charge in [0.1, 0.15) is 0 Å². The van der Waals surface area contributed by atoms with Gasteiger partial charge in [0.25, 0.3) is 0 Å². The van der Waals surface area contributed by atoms with Gasteiger partial charge in [-0.05, 0) is 19.1 Å². The molecule has 2 unspecified atom stereocenters. The predicted molar refractivity (Wildman–Crippen MR) is 66.3 cm³/mol. The number of thioether (sulfide) groups is 1. The molecule has 0 aliphatic carbocycles. The standard InChI is InChI=1S/C11H23NO2S/c1-9(8-14-3)11(13)12-7-5-6-10(2)15-4/h9-10H,5-8H2,1-4H3,(H,12,13). The Kier molecular flexibility index (Phi) is 8.91. The van der Waals surface area contributed by atoms with Gasteiger partial charge < -0.3 is 10.1 Å². The molecule has 0 saturated carbocycles. The highest BCUT2D eigenvalue weighted by Gasteiger charge is 2.11. The molecule has 1 amide bonds. The van der Waals surface area contributed by atoms with E-state index in [-0.39, 0.29) is 11.8 Å². The van der Waals surface area contributed by atoms with Crippen molar-refractivity contribution in [1.29, 1.82) is 0 Å². The molecule has 0 spiro atoms. The summed E-state index contributed by atoms with van der Waals surface area (Å²) in [6.07, 6.45) is 4.32. The number of methoxy groups -OCH3 is 1. The number of hydrogen-bond acceptors (Lipinski definition) is 3. The topological polar surface area (TPSA) is 38.3 Å². The monoisotopic (exact) mass is 233 g/mol. The van der Waals surface area contributed by atoms with E-state index >= 15 is 0 Å². The van der Waals surface area contributed by atoms with E-state index in [1.165, 1.54) is 0 Å². The summed E-state index contributed by atoms with van der Waals surface area (Å²) in [5.41, 5.74) is 0. The fourth-order valence-corrected chi connectivity index (χ4v) is 1.62. The van der Waals surface area contributed by atoms with Crippen LogP contribution in [-0.4, -0.2) is 37.7 Å². The second-order valence-electron chi connectivity index (χ2n) is 3.84. The molecule has 2 atom stereocenters. The SMILES string of the molecule is COCC(C)C(=O)NCCCC(C)SC. The number of carbonyl (C=O) groups is 1. The molecule has 0 aliphatic heterocycles. The summed E-state index contributed by atoms with van der Waals surface area (Å²) in [6, 6.07) is 0. The van der Waals surface area contributed by atoms with Crippen LogP contribution in [0.1, 0.15) is 26.7 Å². The summed E-state index contributed by atoms with van der Waals surface area (Å²) >= 11 is 1.87. The molecule has 0 aromatic rings. The van der Waals surface area contributed by atoms with Gasteiger partial charge in [-0.1, -0.05) is 13.8 Å². The average molecular weight is 233 g/mol. The number of carbonyl (C=O) groups excluding carboxylic acids is 1. The normalized spacial score (nSPS) is 14.7. The quantitative estimate of drug-likeness (QED) is 0.651. The van der Waals surface area contributed by atoms with Crippen molar-refractivity contribution in [1.82, 2.24) is 5.32 Å². The molecule has 1 N–H and O–H groups in total. The Labute approximate surface area is 97.3 Å². The van der Waals surface area contributed by atoms with Crippen molar-refractivity contribution in [2.75, 3.05) is 26.5 Å². The lowest BCUT2D eigenvalue weighted by Crippen LogP contribution is -2.32. The number of ether oxygens (including phenoxy) is 1. The van der Waals surface area contributed by atoms with Crippen LogP contribution in [0.5, 0.6) is 0 Å². The van der Waals surface area contributed by atoms with Crippen molar-refractivity contribution in [3.63, 3.8) is 0 Å². The molecule has 0 fully saturated rings. The van der Waals surface area contributed by atoms with Crippen LogP contribution in [-0.2, 0) is 9.53 Å². The number of rotatable bonds is 8. The van der Waals surface area contributed by atoms with Crippen LogP contribution in [0.25, 0.3) is 0 Å². The van der Waals surface area contributed by atoms with Crippen molar-refractivity contribution in [2.45, 2.75) is 31.9 Å². The van der Waals surface area contributed by atoms with Crippen molar-refractivity contribution in [3.8, 4) is 0 Å². The fraction of sp³-hybridized carbons (Fsp3) is 0.909. The highest BCUT2D eigenvalue weighted by Crippen LogP contribution is 2.10. The maximum Gasteiger partial charge on any atom is 0.225 e. The first-order chi connectivity index (χ1) is 7.11. The largest absolute Gasteiger partial charge is 0.384 e. The molecule has 15 heavy (non-hydrogen) atoms. The minimum atomic E-state index is -0.0482. The molecule has 0 heterocycles. The van der Waals surface area contributed by atoms with Crippen LogP contribution in [0.4, 0.5) is 0 Å². The van der Waals surface area contributed by atoms with Crippen LogP contribution in [0.3, 0.4) is 0 Å². The molecular weight excluding hydrogens is 210 g/mol. The summed E-state index contributed by atoms with van der Waals surface area (Å²) in [4.78, 5) is 11.5. The van der Waals surface area contributed by atoms with Gasteiger partial charge in [-0.3, -0.25) is 4.79 Å². The Morgan fingerprint density at radius 3 is 2.67 bits per heavy atom. The van der Waals surface area contributed by atoms with Crippen LogP contribution in [0.15, 0.2) is 0 Å². The third-order valence-corrected chi connectivity index (χ3v) is 3.39. The lowest BCUT2D eigenvalue weighted by molar-refractivity contribution is -0.125. The molecule has 0 saturated heterocycles. The summed E-state index contributed by atoms with van der Waals surface area (Å²) in [5, 5.41) is 3.60. The first kappa shape index (κ1) is 14.8. The summed E-state index contributed by atoms with van der Waals surface area (Å²) in [7, 11) is 1.62. The molecule has 0 bridgehead atoms. The van der Waals surface area contributed by atoms with Crippen molar-refractivity contribution in [3.05, 3.63) is 0 Å². The van der Waals surface area contributed by atoms with Gasteiger partial charge in [-0.15, -0.1) is 0 Å². The Morgan fingerprint density at radius 1 is 1.47 bits per heavy atom. The van der Waals surface area contributed by atoms with E-state index in [4.69, 9.17) is 4.74 Å². The van der Waals surface area contributed by atoms with E-state index < -0.39 is 0 Å². The van der Waals surface area contributed by atoms with Crippen LogP contribution < -0.4 is 5.32 Å². The van der Waals surface area contributed by atoms with E-state index in [0.29, 0.717) is 11.9 Å². The van der Waals surface area contributed by atoms with Gasteiger partial charge in [0.15, 0.2) is 0 Å². The van der Waals surface area contributed by atoms with E-state index in [1.807, 2.05) is 18.7 Å². The molecular formula is C11H23NO2S. The third kappa shape index (κ3) is 7.68. The third-order valence-electron chi connectivity index (χ3n) is 2.35. The summed E-state index contributed by atoms with van der Waals surface area (Å²) in [5.74, 6) is 0.0432. The lowest BCUT2D eigenvalue weighted by Gasteiger charge is -2.12. The average Bonchev–Trinajstić information content (AvgIpc) is 2.23. The maximum atomic E-state index is 11.5. The zero-order valence-electron chi connectivity index (χ0n) is 10.2. The van der Waals surface area contributed by atoms with Gasteiger partial charge in [0.2, 0.25) is 5.91 Å². The predicted octanol–water partition coefficient (Wildman–Crippen LogP) is 1.92. The van der Waals surface area contributed by atoms with Gasteiger partial charge in [0, 0.05) is 18.9 Å². The van der Waals surface area contributed by atoms with E-state index in [0.717, 1.165) is 19.4 Å². The Balaban J connectivity index is 3.46. The minimum absolute atomic E-state index is 0.0482. The number of nitrogens with one attached hydrogen (secondary N) is 1. The van der Waals surface area contributed by atoms with Crippen LogP contribution in [0, 0.1) is 5.92 Å². The van der Waals surface area contributed by atoms with Crippen LogP contribution in [0.2, 0.25) is 0 Å². The number of amides is 1. The zero-order chi connectivity index (χ0) is 11.7. The highest BCUT2D eigenvalue weighted by atomic mass is 32.2.